The maximum atomic E-state index is 13.3. The summed E-state index contributed by atoms with van der Waals surface area (Å²) in [6.07, 6.45) is -6.21. The number of hydrogen-bond acceptors (Lipinski definition) is 2. The Hall–Kier alpha value is -1.70. The van der Waals surface area contributed by atoms with Gasteiger partial charge < -0.3 is 10.2 Å². The molecule has 0 aliphatic rings. The normalized spacial score (nSPS) is 15.9. The minimum atomic E-state index is -6.21. The van der Waals surface area contributed by atoms with Gasteiger partial charge in [-0.2, -0.15) is 22.0 Å². The Kier molecular flexibility index (Phi) is 3.59. The molecule has 2 N–H and O–H groups in total. The lowest BCUT2D eigenvalue weighted by molar-refractivity contribution is -0.340. The third-order valence-electron chi connectivity index (χ3n) is 2.65. The second-order valence-corrected chi connectivity index (χ2v) is 3.90. The number of aliphatic hydroxyl groups is 1. The second-order valence-electron chi connectivity index (χ2n) is 3.90. The molecule has 19 heavy (non-hydrogen) atoms. The van der Waals surface area contributed by atoms with Gasteiger partial charge in [0, 0.05) is 5.56 Å². The van der Waals surface area contributed by atoms with Gasteiger partial charge in [-0.3, -0.25) is 0 Å². The van der Waals surface area contributed by atoms with Crippen molar-refractivity contribution < 1.29 is 37.0 Å². The van der Waals surface area contributed by atoms with Crippen molar-refractivity contribution in [3.63, 3.8) is 0 Å². The molecule has 0 saturated heterocycles. The Morgan fingerprint density at radius 2 is 1.58 bits per heavy atom. The highest BCUT2D eigenvalue weighted by molar-refractivity contribution is 5.81. The van der Waals surface area contributed by atoms with Gasteiger partial charge in [0.15, 0.2) is 0 Å². The lowest BCUT2D eigenvalue weighted by Crippen LogP contribution is -2.59. The molecular weight excluding hydrogens is 275 g/mol. The van der Waals surface area contributed by atoms with Crippen LogP contribution in [0.15, 0.2) is 24.3 Å². The third-order valence-corrected chi connectivity index (χ3v) is 2.65. The van der Waals surface area contributed by atoms with E-state index in [0.29, 0.717) is 6.07 Å². The monoisotopic (exact) mass is 284 g/mol. The summed E-state index contributed by atoms with van der Waals surface area (Å²) in [7, 11) is 0. The van der Waals surface area contributed by atoms with E-state index in [4.69, 9.17) is 5.11 Å². The number of alkyl halides is 5. The molecule has 1 aromatic carbocycles. The molecule has 106 valence electrons. The molecule has 0 radical (unpaired) electrons. The summed E-state index contributed by atoms with van der Waals surface area (Å²) >= 11 is 0. The van der Waals surface area contributed by atoms with Crippen LogP contribution in [0.5, 0.6) is 0 Å². The van der Waals surface area contributed by atoms with Crippen molar-refractivity contribution in [3.8, 4) is 0 Å². The zero-order valence-corrected chi connectivity index (χ0v) is 9.50. The first-order valence-corrected chi connectivity index (χ1v) is 4.92. The summed E-state index contributed by atoms with van der Waals surface area (Å²) in [5, 5.41) is 18.2. The molecule has 0 saturated carbocycles. The molecule has 0 aromatic heterocycles. The van der Waals surface area contributed by atoms with Gasteiger partial charge in [0.25, 0.3) is 5.60 Å². The molecule has 0 fully saturated rings. The van der Waals surface area contributed by atoms with E-state index < -0.39 is 29.2 Å². The summed E-state index contributed by atoms with van der Waals surface area (Å²) in [6.45, 7) is 1.12. The molecule has 0 amide bonds. The minimum absolute atomic E-state index is 0.198. The quantitative estimate of drug-likeness (QED) is 0.838. The van der Waals surface area contributed by atoms with Crippen LogP contribution in [0.2, 0.25) is 0 Å². The highest BCUT2D eigenvalue weighted by Gasteiger charge is 2.74. The topological polar surface area (TPSA) is 57.5 Å². The maximum absolute atomic E-state index is 13.3. The van der Waals surface area contributed by atoms with Gasteiger partial charge in [0.2, 0.25) is 0 Å². The van der Waals surface area contributed by atoms with Crippen molar-refractivity contribution in [2.75, 3.05) is 0 Å². The number of halogens is 5. The van der Waals surface area contributed by atoms with E-state index in [-0.39, 0.29) is 5.56 Å². The van der Waals surface area contributed by atoms with Crippen LogP contribution in [-0.4, -0.2) is 28.3 Å². The van der Waals surface area contributed by atoms with Crippen LogP contribution < -0.4 is 0 Å². The second kappa shape index (κ2) is 4.44. The van der Waals surface area contributed by atoms with Gasteiger partial charge in [-0.25, -0.2) is 4.79 Å². The van der Waals surface area contributed by atoms with Crippen LogP contribution in [0.4, 0.5) is 22.0 Å². The Morgan fingerprint density at radius 3 is 1.95 bits per heavy atom. The number of carboxylic acids is 1. The number of rotatable bonds is 3. The highest BCUT2D eigenvalue weighted by atomic mass is 19.4. The summed E-state index contributed by atoms with van der Waals surface area (Å²) < 4.78 is 63.7. The Morgan fingerprint density at radius 1 is 1.11 bits per heavy atom. The smallest absolute Gasteiger partial charge is 0.457 e. The Labute approximate surface area is 104 Å². The number of carbonyl (C=O) groups is 1. The summed E-state index contributed by atoms with van der Waals surface area (Å²) in [5.41, 5.74) is -5.59. The van der Waals surface area contributed by atoms with Gasteiger partial charge in [-0.05, 0) is 12.5 Å². The molecule has 0 bridgehead atoms. The van der Waals surface area contributed by atoms with Crippen molar-refractivity contribution in [1.82, 2.24) is 0 Å². The van der Waals surface area contributed by atoms with E-state index in [1.54, 1.807) is 0 Å². The SMILES string of the molecule is Cc1ccccc1C(O)(C(=O)O)C(F)(F)C(F)(F)F. The van der Waals surface area contributed by atoms with Crippen molar-refractivity contribution in [3.05, 3.63) is 35.4 Å². The molecular formula is C11H9F5O3. The van der Waals surface area contributed by atoms with Crippen LogP contribution in [0, 0.1) is 6.92 Å². The van der Waals surface area contributed by atoms with E-state index in [1.165, 1.54) is 6.07 Å². The summed E-state index contributed by atoms with van der Waals surface area (Å²) in [5.74, 6) is -8.51. The molecule has 0 aliphatic heterocycles. The molecule has 3 nitrogen and oxygen atoms in total. The third kappa shape index (κ3) is 2.16. The van der Waals surface area contributed by atoms with Crippen molar-refractivity contribution in [1.29, 1.82) is 0 Å². The van der Waals surface area contributed by atoms with Crippen molar-refractivity contribution >= 4 is 5.97 Å². The first kappa shape index (κ1) is 15.4. The van der Waals surface area contributed by atoms with E-state index >= 15 is 0 Å². The molecule has 0 heterocycles. The van der Waals surface area contributed by atoms with E-state index in [0.717, 1.165) is 19.1 Å². The molecule has 0 spiro atoms. The first-order chi connectivity index (χ1) is 8.46. The number of benzene rings is 1. The fourth-order valence-electron chi connectivity index (χ4n) is 1.60. The largest absolute Gasteiger partial charge is 0.479 e. The maximum Gasteiger partial charge on any atom is 0.457 e. The first-order valence-electron chi connectivity index (χ1n) is 4.92. The van der Waals surface area contributed by atoms with Gasteiger partial charge in [-0.1, -0.05) is 24.3 Å². The van der Waals surface area contributed by atoms with E-state index in [9.17, 15) is 31.9 Å². The summed E-state index contributed by atoms with van der Waals surface area (Å²) in [6, 6.07) is 4.20. The van der Waals surface area contributed by atoms with Gasteiger partial charge >= 0.3 is 18.1 Å². The van der Waals surface area contributed by atoms with Gasteiger partial charge in [0.1, 0.15) is 0 Å². The molecule has 8 heteroatoms. The van der Waals surface area contributed by atoms with Gasteiger partial charge in [0.05, 0.1) is 0 Å². The standard InChI is InChI=1S/C11H9F5O3/c1-6-4-2-3-5-7(6)9(19,8(17)18)10(12,13)11(14,15)16/h2-5,19H,1H3,(H,17,18). The summed E-state index contributed by atoms with van der Waals surface area (Å²) in [4.78, 5) is 10.8. The van der Waals surface area contributed by atoms with Crippen LogP contribution in [0.1, 0.15) is 11.1 Å². The zero-order valence-electron chi connectivity index (χ0n) is 9.50. The van der Waals surface area contributed by atoms with Crippen LogP contribution in [-0.2, 0) is 10.4 Å². The van der Waals surface area contributed by atoms with Crippen LogP contribution in [0.25, 0.3) is 0 Å². The highest BCUT2D eigenvalue weighted by Crippen LogP contribution is 2.49. The molecule has 1 atom stereocenters. The minimum Gasteiger partial charge on any atom is -0.479 e. The molecule has 1 unspecified atom stereocenters. The predicted molar refractivity (Wildman–Crippen MR) is 53.7 cm³/mol. The van der Waals surface area contributed by atoms with Crippen LogP contribution >= 0.6 is 0 Å². The average Bonchev–Trinajstić information content (AvgIpc) is 2.26. The lowest BCUT2D eigenvalue weighted by Gasteiger charge is -2.34. The Balaban J connectivity index is 3.60. The van der Waals surface area contributed by atoms with Gasteiger partial charge in [-0.15, -0.1) is 0 Å². The van der Waals surface area contributed by atoms with E-state index in [1.807, 2.05) is 0 Å². The van der Waals surface area contributed by atoms with Crippen LogP contribution in [0.3, 0.4) is 0 Å². The molecule has 0 aliphatic carbocycles. The number of aliphatic carboxylic acids is 1. The van der Waals surface area contributed by atoms with Crippen molar-refractivity contribution in [2.45, 2.75) is 24.6 Å². The predicted octanol–water partition coefficient (Wildman–Crippen LogP) is 2.46. The Bertz CT molecular complexity index is 497. The number of carboxylic acid groups (broad SMARTS) is 1. The molecule has 1 aromatic rings. The zero-order chi connectivity index (χ0) is 15.1. The van der Waals surface area contributed by atoms with Crippen molar-refractivity contribution in [2.24, 2.45) is 0 Å². The fourth-order valence-corrected chi connectivity index (χ4v) is 1.60. The number of hydrogen-bond donors (Lipinski definition) is 2. The molecule has 1 rings (SSSR count). The van der Waals surface area contributed by atoms with E-state index in [2.05, 4.69) is 0 Å². The lowest BCUT2D eigenvalue weighted by atomic mass is 9.84. The average molecular weight is 284 g/mol. The fraction of sp³-hybridized carbons (Fsp3) is 0.364. The number of aryl methyl sites for hydroxylation is 1.